The Kier molecular flexibility index (Phi) is 2.60. The van der Waals surface area contributed by atoms with Crippen molar-refractivity contribution in [2.75, 3.05) is 6.54 Å². The monoisotopic (exact) mass is 233 g/mol. The van der Waals surface area contributed by atoms with E-state index in [2.05, 4.69) is 15.5 Å². The topological polar surface area (TPSA) is 51.0 Å². The lowest BCUT2D eigenvalue weighted by molar-refractivity contribution is 0.345. The van der Waals surface area contributed by atoms with Crippen LogP contribution in [0.2, 0.25) is 0 Å². The highest BCUT2D eigenvalue weighted by atomic mass is 19.1. The van der Waals surface area contributed by atoms with Crippen molar-refractivity contribution < 1.29 is 8.91 Å². The first-order valence-corrected chi connectivity index (χ1v) is 5.66. The van der Waals surface area contributed by atoms with Crippen LogP contribution in [0, 0.1) is 5.82 Å². The molecule has 1 aromatic heterocycles. The molecular formula is C12H12FN3O. The number of rotatable bonds is 2. The molecule has 0 aliphatic carbocycles. The molecule has 2 aromatic rings. The molecular weight excluding hydrogens is 221 g/mol. The summed E-state index contributed by atoms with van der Waals surface area (Å²) in [6.45, 7) is 0.975. The lowest BCUT2D eigenvalue weighted by Crippen LogP contribution is -2.12. The molecule has 1 fully saturated rings. The zero-order chi connectivity index (χ0) is 11.7. The summed E-state index contributed by atoms with van der Waals surface area (Å²) >= 11 is 0. The quantitative estimate of drug-likeness (QED) is 0.864. The molecule has 1 atom stereocenters. The number of aromatic nitrogens is 2. The Balaban J connectivity index is 1.89. The molecule has 1 aromatic carbocycles. The van der Waals surface area contributed by atoms with Gasteiger partial charge in [-0.25, -0.2) is 4.39 Å². The molecule has 17 heavy (non-hydrogen) atoms. The van der Waals surface area contributed by atoms with Gasteiger partial charge in [0.15, 0.2) is 0 Å². The molecule has 0 unspecified atom stereocenters. The van der Waals surface area contributed by atoms with E-state index in [1.165, 1.54) is 12.1 Å². The average Bonchev–Trinajstić information content (AvgIpc) is 3.00. The summed E-state index contributed by atoms with van der Waals surface area (Å²) in [5.41, 5.74) is 0.637. The molecule has 88 valence electrons. The molecule has 1 aliphatic heterocycles. The van der Waals surface area contributed by atoms with Gasteiger partial charge < -0.3 is 9.84 Å². The third kappa shape index (κ3) is 2.06. The Morgan fingerprint density at radius 2 is 2.35 bits per heavy atom. The fraction of sp³-hybridized carbons (Fsp3) is 0.333. The first-order valence-electron chi connectivity index (χ1n) is 5.66. The average molecular weight is 233 g/mol. The number of benzene rings is 1. The Hall–Kier alpha value is -1.75. The van der Waals surface area contributed by atoms with Crippen molar-refractivity contribution in [1.82, 2.24) is 15.5 Å². The molecule has 1 aliphatic rings. The van der Waals surface area contributed by atoms with E-state index in [0.29, 0.717) is 17.3 Å². The normalized spacial score (nSPS) is 19.7. The fourth-order valence-corrected chi connectivity index (χ4v) is 2.02. The zero-order valence-electron chi connectivity index (χ0n) is 9.19. The van der Waals surface area contributed by atoms with E-state index >= 15 is 0 Å². The van der Waals surface area contributed by atoms with Crippen LogP contribution in [0.25, 0.3) is 11.4 Å². The van der Waals surface area contributed by atoms with Gasteiger partial charge in [-0.3, -0.25) is 0 Å². The van der Waals surface area contributed by atoms with Gasteiger partial charge in [-0.2, -0.15) is 4.98 Å². The van der Waals surface area contributed by atoms with E-state index < -0.39 is 0 Å². The van der Waals surface area contributed by atoms with Gasteiger partial charge in [-0.15, -0.1) is 0 Å². The number of hydrogen-bond donors (Lipinski definition) is 1. The van der Waals surface area contributed by atoms with Gasteiger partial charge in [0.05, 0.1) is 6.04 Å². The van der Waals surface area contributed by atoms with Gasteiger partial charge in [0.2, 0.25) is 11.7 Å². The maximum atomic E-state index is 13.1. The molecule has 5 heteroatoms. The predicted molar refractivity (Wildman–Crippen MR) is 59.7 cm³/mol. The lowest BCUT2D eigenvalue weighted by atomic mass is 10.2. The molecule has 1 saturated heterocycles. The van der Waals surface area contributed by atoms with E-state index in [1.54, 1.807) is 12.1 Å². The maximum absolute atomic E-state index is 13.1. The van der Waals surface area contributed by atoms with Crippen LogP contribution in [0.4, 0.5) is 4.39 Å². The van der Waals surface area contributed by atoms with Crippen LogP contribution in [0.15, 0.2) is 28.8 Å². The van der Waals surface area contributed by atoms with E-state index in [1.807, 2.05) is 0 Å². The Bertz CT molecular complexity index is 520. The zero-order valence-corrected chi connectivity index (χ0v) is 9.19. The largest absolute Gasteiger partial charge is 0.337 e. The summed E-state index contributed by atoms with van der Waals surface area (Å²) in [5.74, 6) is 0.725. The molecule has 0 spiro atoms. The van der Waals surface area contributed by atoms with Crippen molar-refractivity contribution in [2.45, 2.75) is 18.9 Å². The van der Waals surface area contributed by atoms with Gasteiger partial charge in [-0.05, 0) is 31.5 Å². The maximum Gasteiger partial charge on any atom is 0.244 e. The molecule has 3 rings (SSSR count). The molecule has 1 N–H and O–H groups in total. The van der Waals surface area contributed by atoms with Crippen LogP contribution in [0.1, 0.15) is 24.8 Å². The second-order valence-corrected chi connectivity index (χ2v) is 4.12. The Morgan fingerprint density at radius 3 is 3.12 bits per heavy atom. The summed E-state index contributed by atoms with van der Waals surface area (Å²) in [6, 6.07) is 6.33. The summed E-state index contributed by atoms with van der Waals surface area (Å²) in [6.07, 6.45) is 2.12. The lowest BCUT2D eigenvalue weighted by Gasteiger charge is -2.01. The number of halogens is 1. The van der Waals surface area contributed by atoms with Gasteiger partial charge in [-0.1, -0.05) is 17.3 Å². The SMILES string of the molecule is Fc1cccc(-c2noc([C@H]3CCCN3)n2)c1. The van der Waals surface area contributed by atoms with Crippen molar-refractivity contribution in [3.8, 4) is 11.4 Å². The van der Waals surface area contributed by atoms with Crippen molar-refractivity contribution in [1.29, 1.82) is 0 Å². The van der Waals surface area contributed by atoms with Crippen LogP contribution in [-0.2, 0) is 0 Å². The van der Waals surface area contributed by atoms with Crippen LogP contribution in [-0.4, -0.2) is 16.7 Å². The number of nitrogens with one attached hydrogen (secondary N) is 1. The molecule has 0 amide bonds. The summed E-state index contributed by atoms with van der Waals surface area (Å²) in [4.78, 5) is 4.30. The van der Waals surface area contributed by atoms with Crippen LogP contribution in [0.3, 0.4) is 0 Å². The van der Waals surface area contributed by atoms with Crippen molar-refractivity contribution in [3.63, 3.8) is 0 Å². The second-order valence-electron chi connectivity index (χ2n) is 4.12. The highest BCUT2D eigenvalue weighted by molar-refractivity contribution is 5.53. The smallest absolute Gasteiger partial charge is 0.244 e. The Morgan fingerprint density at radius 1 is 1.41 bits per heavy atom. The first kappa shape index (κ1) is 10.4. The Labute approximate surface area is 97.8 Å². The van der Waals surface area contributed by atoms with E-state index in [4.69, 9.17) is 4.52 Å². The van der Waals surface area contributed by atoms with Crippen molar-refractivity contribution in [3.05, 3.63) is 36.0 Å². The molecule has 0 saturated carbocycles. The summed E-state index contributed by atoms with van der Waals surface area (Å²) in [5, 5.41) is 7.16. The first-order chi connectivity index (χ1) is 8.33. The second kappa shape index (κ2) is 4.25. The molecule has 4 nitrogen and oxygen atoms in total. The van der Waals surface area contributed by atoms with E-state index in [0.717, 1.165) is 19.4 Å². The third-order valence-corrected chi connectivity index (χ3v) is 2.88. The predicted octanol–water partition coefficient (Wildman–Crippen LogP) is 2.30. The highest BCUT2D eigenvalue weighted by Gasteiger charge is 2.22. The number of nitrogens with zero attached hydrogens (tertiary/aromatic N) is 2. The van der Waals surface area contributed by atoms with Crippen molar-refractivity contribution in [2.24, 2.45) is 0 Å². The molecule has 0 bridgehead atoms. The van der Waals surface area contributed by atoms with Crippen LogP contribution < -0.4 is 5.32 Å². The van der Waals surface area contributed by atoms with E-state index in [9.17, 15) is 4.39 Å². The van der Waals surface area contributed by atoms with Crippen LogP contribution >= 0.6 is 0 Å². The van der Waals surface area contributed by atoms with Gasteiger partial charge >= 0.3 is 0 Å². The third-order valence-electron chi connectivity index (χ3n) is 2.88. The van der Waals surface area contributed by atoms with Gasteiger partial charge in [0, 0.05) is 5.56 Å². The standard InChI is InChI=1S/C12H12FN3O/c13-9-4-1-3-8(7-9)11-15-12(17-16-11)10-5-2-6-14-10/h1,3-4,7,10,14H,2,5-6H2/t10-/m1/s1. The van der Waals surface area contributed by atoms with Gasteiger partial charge in [0.1, 0.15) is 5.82 Å². The minimum atomic E-state index is -0.298. The number of hydrogen-bond acceptors (Lipinski definition) is 4. The summed E-state index contributed by atoms with van der Waals surface area (Å²) < 4.78 is 18.3. The molecule has 2 heterocycles. The minimum Gasteiger partial charge on any atom is -0.337 e. The molecule has 0 radical (unpaired) electrons. The minimum absolute atomic E-state index is 0.143. The van der Waals surface area contributed by atoms with Crippen LogP contribution in [0.5, 0.6) is 0 Å². The van der Waals surface area contributed by atoms with E-state index in [-0.39, 0.29) is 11.9 Å². The summed E-state index contributed by atoms with van der Waals surface area (Å²) in [7, 11) is 0. The van der Waals surface area contributed by atoms with Crippen molar-refractivity contribution >= 4 is 0 Å². The fourth-order valence-electron chi connectivity index (χ4n) is 2.02. The van der Waals surface area contributed by atoms with Gasteiger partial charge in [0.25, 0.3) is 0 Å². The highest BCUT2D eigenvalue weighted by Crippen LogP contribution is 2.24.